The van der Waals surface area contributed by atoms with E-state index < -0.39 is 11.6 Å². The highest BCUT2D eigenvalue weighted by Crippen LogP contribution is 2.05. The zero-order valence-corrected chi connectivity index (χ0v) is 20.1. The quantitative estimate of drug-likeness (QED) is 0.0649. The maximum atomic E-state index is 12.0. The molecule has 1 unspecified atom stereocenters. The number of nitrogens with two attached hydrogens (primary N) is 3. The van der Waals surface area contributed by atoms with E-state index in [1.165, 1.54) is 6.92 Å². The lowest BCUT2D eigenvalue weighted by atomic mass is 10.1. The molecule has 10 nitrogen and oxygen atoms in total. The van der Waals surface area contributed by atoms with Gasteiger partial charge in [0.05, 0.1) is 0 Å². The molecule has 182 valence electrons. The molecular weight excluding hydrogens is 457 g/mol. The molecule has 10 N–H and O–H groups in total. The van der Waals surface area contributed by atoms with E-state index >= 15 is 0 Å². The van der Waals surface area contributed by atoms with Crippen LogP contribution in [0.4, 0.5) is 0 Å². The minimum absolute atomic E-state index is 0. The van der Waals surface area contributed by atoms with Crippen LogP contribution in [-0.2, 0) is 9.59 Å². The van der Waals surface area contributed by atoms with Crippen molar-refractivity contribution < 1.29 is 14.7 Å². The van der Waals surface area contributed by atoms with E-state index in [1.54, 1.807) is 0 Å². The van der Waals surface area contributed by atoms with Gasteiger partial charge in [-0.1, -0.05) is 6.42 Å². The molecule has 0 spiro atoms. The number of halogens is 3. The zero-order chi connectivity index (χ0) is 20.5. The predicted molar refractivity (Wildman–Crippen MR) is 129 cm³/mol. The smallest absolute Gasteiger partial charge is 0.344 e. The Morgan fingerprint density at radius 3 is 2.10 bits per heavy atom. The summed E-state index contributed by atoms with van der Waals surface area (Å²) in [4.78, 5) is 27.4. The van der Waals surface area contributed by atoms with Gasteiger partial charge in [-0.2, -0.15) is 0 Å². The Kier molecular flexibility index (Phi) is 27.4. The molecule has 0 rings (SSSR count). The van der Waals surface area contributed by atoms with Gasteiger partial charge in [0.1, 0.15) is 0 Å². The summed E-state index contributed by atoms with van der Waals surface area (Å²) in [5.41, 5.74) is 14.4. The minimum Gasteiger partial charge on any atom is -0.478 e. The number of hydrogen-bond donors (Lipinski definition) is 7. The first-order valence-corrected chi connectivity index (χ1v) is 9.57. The van der Waals surface area contributed by atoms with Gasteiger partial charge >= 0.3 is 5.97 Å². The summed E-state index contributed by atoms with van der Waals surface area (Å²) in [6.07, 6.45) is 5.14. The second-order valence-corrected chi connectivity index (χ2v) is 6.62. The third-order valence-corrected chi connectivity index (χ3v) is 3.99. The lowest BCUT2D eigenvalue weighted by molar-refractivity contribution is -0.148. The number of nitrogens with zero attached hydrogens (tertiary/aromatic N) is 1. The standard InChI is InChI=1S/C17H37N7O3.3ClH/c1-17(15(26)27,23-13-6-5-10-21-11-7-9-18)24-14(25)8-3-2-4-12-22-16(19)20;;;/h21,23H,2-13,18H2,1H3,(H,24,25)(H,26,27)(H4,19,20,22);3*1H. The van der Waals surface area contributed by atoms with Crippen molar-refractivity contribution in [2.75, 3.05) is 32.7 Å². The summed E-state index contributed by atoms with van der Waals surface area (Å²) in [5.74, 6) is -1.34. The second-order valence-electron chi connectivity index (χ2n) is 6.62. The average molecular weight is 497 g/mol. The highest BCUT2D eigenvalue weighted by Gasteiger charge is 2.33. The average Bonchev–Trinajstić information content (AvgIpc) is 2.59. The molecule has 1 atom stereocenters. The van der Waals surface area contributed by atoms with Crippen molar-refractivity contribution in [3.05, 3.63) is 0 Å². The molecule has 30 heavy (non-hydrogen) atoms. The van der Waals surface area contributed by atoms with E-state index in [9.17, 15) is 14.7 Å². The normalized spacial score (nSPS) is 11.7. The van der Waals surface area contributed by atoms with Crippen LogP contribution in [0.3, 0.4) is 0 Å². The lowest BCUT2D eigenvalue weighted by Crippen LogP contribution is -2.62. The predicted octanol–water partition coefficient (Wildman–Crippen LogP) is 0.311. The van der Waals surface area contributed by atoms with Crippen LogP contribution in [0.15, 0.2) is 4.99 Å². The fourth-order valence-electron chi connectivity index (χ4n) is 2.36. The van der Waals surface area contributed by atoms with Crippen LogP contribution >= 0.6 is 37.2 Å². The van der Waals surface area contributed by atoms with Crippen molar-refractivity contribution >= 4 is 55.1 Å². The summed E-state index contributed by atoms with van der Waals surface area (Å²) >= 11 is 0. The maximum absolute atomic E-state index is 12.0. The molecule has 0 radical (unpaired) electrons. The molecule has 1 amide bonds. The molecule has 0 aliphatic heterocycles. The van der Waals surface area contributed by atoms with Crippen LogP contribution in [0.25, 0.3) is 0 Å². The van der Waals surface area contributed by atoms with Gasteiger partial charge < -0.3 is 32.9 Å². The largest absolute Gasteiger partial charge is 0.478 e. The van der Waals surface area contributed by atoms with Crippen LogP contribution in [0, 0.1) is 0 Å². The number of carboxylic acid groups (broad SMARTS) is 1. The number of aliphatic imine (C=N–C) groups is 1. The van der Waals surface area contributed by atoms with Crippen LogP contribution in [0.5, 0.6) is 0 Å². The Balaban J connectivity index is -0.00000113. The van der Waals surface area contributed by atoms with Crippen molar-refractivity contribution in [3.63, 3.8) is 0 Å². The molecule has 0 fully saturated rings. The number of unbranched alkanes of at least 4 members (excludes halogenated alkanes) is 3. The molecule has 0 aliphatic rings. The number of amides is 1. The summed E-state index contributed by atoms with van der Waals surface area (Å²) in [6.45, 7) is 4.91. The number of aliphatic carboxylic acids is 1. The Hall–Kier alpha value is -1.04. The molecule has 0 bridgehead atoms. The van der Waals surface area contributed by atoms with Crippen LogP contribution in [0.1, 0.15) is 51.9 Å². The van der Waals surface area contributed by atoms with Crippen molar-refractivity contribution in [1.82, 2.24) is 16.0 Å². The number of nitrogens with one attached hydrogen (secondary N) is 3. The number of carbonyl (C=O) groups is 2. The number of carboxylic acids is 1. The number of rotatable bonds is 17. The third-order valence-electron chi connectivity index (χ3n) is 3.99. The van der Waals surface area contributed by atoms with Gasteiger partial charge in [-0.25, -0.2) is 4.79 Å². The first-order valence-electron chi connectivity index (χ1n) is 9.57. The topological polar surface area (TPSA) is 181 Å². The first-order chi connectivity index (χ1) is 12.8. The Bertz CT molecular complexity index is 470. The summed E-state index contributed by atoms with van der Waals surface area (Å²) < 4.78 is 0. The zero-order valence-electron chi connectivity index (χ0n) is 17.7. The second kappa shape index (κ2) is 22.6. The Morgan fingerprint density at radius 1 is 0.933 bits per heavy atom. The summed E-state index contributed by atoms with van der Waals surface area (Å²) in [7, 11) is 0. The fraction of sp³-hybridized carbons (Fsp3) is 0.824. The highest BCUT2D eigenvalue weighted by molar-refractivity contribution is 5.86. The van der Waals surface area contributed by atoms with E-state index in [4.69, 9.17) is 17.2 Å². The number of guanidine groups is 1. The number of hydrogen-bond acceptors (Lipinski definition) is 6. The molecule has 0 aromatic rings. The van der Waals surface area contributed by atoms with Crippen molar-refractivity contribution in [3.8, 4) is 0 Å². The molecule has 13 heteroatoms. The monoisotopic (exact) mass is 495 g/mol. The Morgan fingerprint density at radius 2 is 1.53 bits per heavy atom. The van der Waals surface area contributed by atoms with Gasteiger partial charge in [-0.3, -0.25) is 15.1 Å². The molecular formula is C17H40Cl3N7O3. The van der Waals surface area contributed by atoms with Crippen LogP contribution in [0.2, 0.25) is 0 Å². The minimum atomic E-state index is -1.47. The maximum Gasteiger partial charge on any atom is 0.344 e. The summed E-state index contributed by atoms with van der Waals surface area (Å²) in [5, 5.41) is 18.2. The lowest BCUT2D eigenvalue weighted by Gasteiger charge is -2.27. The van der Waals surface area contributed by atoms with Crippen molar-refractivity contribution in [1.29, 1.82) is 0 Å². The molecule has 0 saturated heterocycles. The fourth-order valence-corrected chi connectivity index (χ4v) is 2.36. The molecule has 0 aliphatic carbocycles. The van der Waals surface area contributed by atoms with Crippen molar-refractivity contribution in [2.45, 2.75) is 57.5 Å². The van der Waals surface area contributed by atoms with Gasteiger partial charge in [0.15, 0.2) is 11.6 Å². The van der Waals surface area contributed by atoms with Crippen LogP contribution < -0.4 is 33.2 Å². The van der Waals surface area contributed by atoms with Crippen molar-refractivity contribution in [2.24, 2.45) is 22.2 Å². The highest BCUT2D eigenvalue weighted by atomic mass is 35.5. The van der Waals surface area contributed by atoms with Gasteiger partial charge in [0.25, 0.3) is 0 Å². The first kappa shape index (κ1) is 36.3. The van der Waals surface area contributed by atoms with E-state index in [2.05, 4.69) is 20.9 Å². The SMILES string of the molecule is CC(NCCCCNCCCN)(NC(=O)CCCCCN=C(N)N)C(=O)O.Cl.Cl.Cl. The molecule has 0 aromatic heterocycles. The summed E-state index contributed by atoms with van der Waals surface area (Å²) in [6, 6.07) is 0. The van der Waals surface area contributed by atoms with Gasteiger partial charge in [0, 0.05) is 13.0 Å². The van der Waals surface area contributed by atoms with Gasteiger partial charge in [-0.05, 0) is 65.2 Å². The van der Waals surface area contributed by atoms with E-state index in [-0.39, 0.29) is 55.5 Å². The molecule has 0 aromatic carbocycles. The Labute approximate surface area is 198 Å². The van der Waals surface area contributed by atoms with E-state index in [0.29, 0.717) is 26.1 Å². The van der Waals surface area contributed by atoms with Gasteiger partial charge in [-0.15, -0.1) is 37.2 Å². The number of carbonyl (C=O) groups excluding carboxylic acids is 1. The van der Waals surface area contributed by atoms with E-state index in [0.717, 1.165) is 45.2 Å². The van der Waals surface area contributed by atoms with Gasteiger partial charge in [0.2, 0.25) is 5.91 Å². The van der Waals surface area contributed by atoms with E-state index in [1.807, 2.05) is 0 Å². The molecule has 0 saturated carbocycles. The molecule has 0 heterocycles. The third kappa shape index (κ3) is 20.2. The van der Waals surface area contributed by atoms with Crippen LogP contribution in [-0.4, -0.2) is 61.3 Å².